The van der Waals surface area contributed by atoms with Crippen LogP contribution in [0.5, 0.6) is 11.5 Å². The maximum absolute atomic E-state index is 12.1. The Labute approximate surface area is 167 Å². The van der Waals surface area contributed by atoms with Gasteiger partial charge in [0.2, 0.25) is 5.91 Å². The van der Waals surface area contributed by atoms with Crippen LogP contribution in [-0.4, -0.2) is 25.7 Å². The summed E-state index contributed by atoms with van der Waals surface area (Å²) in [5.41, 5.74) is 1.11. The van der Waals surface area contributed by atoms with Crippen molar-refractivity contribution in [1.82, 2.24) is 5.32 Å². The molecule has 1 aliphatic carbocycles. The van der Waals surface area contributed by atoms with Crippen molar-refractivity contribution < 1.29 is 18.7 Å². The molecular weight excluding hydrogens is 354 g/mol. The number of hydrogen-bond donors (Lipinski definition) is 1. The van der Waals surface area contributed by atoms with Crippen molar-refractivity contribution in [2.75, 3.05) is 19.8 Å². The molecule has 0 saturated heterocycles. The van der Waals surface area contributed by atoms with E-state index >= 15 is 0 Å². The third-order valence-corrected chi connectivity index (χ3v) is 5.10. The molecule has 1 amide bonds. The van der Waals surface area contributed by atoms with Crippen LogP contribution in [0, 0.1) is 5.92 Å². The number of aryl methyl sites for hydroxylation is 1. The molecule has 0 spiro atoms. The third kappa shape index (κ3) is 5.54. The summed E-state index contributed by atoms with van der Waals surface area (Å²) < 4.78 is 17.1. The molecule has 1 aliphatic rings. The van der Waals surface area contributed by atoms with Crippen molar-refractivity contribution in [3.8, 4) is 11.5 Å². The van der Waals surface area contributed by atoms with Crippen LogP contribution in [0.1, 0.15) is 56.6 Å². The second-order valence-electron chi connectivity index (χ2n) is 7.37. The zero-order valence-electron chi connectivity index (χ0n) is 17.1. The predicted molar refractivity (Wildman–Crippen MR) is 109 cm³/mol. The van der Waals surface area contributed by atoms with Crippen molar-refractivity contribution in [2.24, 2.45) is 5.92 Å². The summed E-state index contributed by atoms with van der Waals surface area (Å²) in [5.74, 6) is 4.85. The number of carbonyl (C=O) groups excluding carboxylic acids is 1. The number of benzene rings is 1. The fourth-order valence-corrected chi connectivity index (χ4v) is 3.37. The van der Waals surface area contributed by atoms with Crippen LogP contribution in [0.4, 0.5) is 0 Å². The normalized spacial score (nSPS) is 18.0. The fraction of sp³-hybridized carbons (Fsp3) is 0.522. The predicted octanol–water partition coefficient (Wildman–Crippen LogP) is 4.49. The molecule has 3 rings (SSSR count). The molecule has 2 unspecified atom stereocenters. The van der Waals surface area contributed by atoms with Gasteiger partial charge in [-0.25, -0.2) is 0 Å². The Morgan fingerprint density at radius 3 is 2.57 bits per heavy atom. The first kappa shape index (κ1) is 20.3. The number of furan rings is 1. The molecule has 1 heterocycles. The Hall–Kier alpha value is -2.43. The number of amides is 1. The molecule has 0 bridgehead atoms. The number of ether oxygens (including phenoxy) is 2. The lowest BCUT2D eigenvalue weighted by Crippen LogP contribution is -2.25. The largest absolute Gasteiger partial charge is 0.490 e. The van der Waals surface area contributed by atoms with Gasteiger partial charge < -0.3 is 19.2 Å². The molecule has 1 N–H and O–H groups in total. The molecule has 28 heavy (non-hydrogen) atoms. The van der Waals surface area contributed by atoms with Crippen molar-refractivity contribution in [2.45, 2.75) is 52.4 Å². The summed E-state index contributed by atoms with van der Waals surface area (Å²) in [4.78, 5) is 12.1. The lowest BCUT2D eigenvalue weighted by molar-refractivity contribution is -0.121. The maximum Gasteiger partial charge on any atom is 0.220 e. The second kappa shape index (κ2) is 9.67. The van der Waals surface area contributed by atoms with E-state index in [0.29, 0.717) is 38.5 Å². The van der Waals surface area contributed by atoms with Gasteiger partial charge in [-0.1, -0.05) is 13.0 Å². The highest BCUT2D eigenvalue weighted by atomic mass is 16.5. The first-order valence-corrected chi connectivity index (χ1v) is 10.3. The van der Waals surface area contributed by atoms with E-state index in [-0.39, 0.29) is 5.91 Å². The Kier molecular flexibility index (Phi) is 7.01. The van der Waals surface area contributed by atoms with Crippen molar-refractivity contribution in [3.05, 3.63) is 47.4 Å². The molecule has 1 aromatic carbocycles. The van der Waals surface area contributed by atoms with Gasteiger partial charge in [-0.3, -0.25) is 4.79 Å². The summed E-state index contributed by atoms with van der Waals surface area (Å²) >= 11 is 0. The van der Waals surface area contributed by atoms with Gasteiger partial charge in [-0.05, 0) is 62.4 Å². The van der Waals surface area contributed by atoms with E-state index in [2.05, 4.69) is 18.3 Å². The molecule has 5 nitrogen and oxygen atoms in total. The fourth-order valence-electron chi connectivity index (χ4n) is 3.37. The minimum Gasteiger partial charge on any atom is -0.490 e. The van der Waals surface area contributed by atoms with Crippen LogP contribution in [0.15, 0.2) is 34.7 Å². The number of carbonyl (C=O) groups is 1. The average molecular weight is 386 g/mol. The lowest BCUT2D eigenvalue weighted by Gasteiger charge is -2.12. The van der Waals surface area contributed by atoms with Crippen LogP contribution in [0.2, 0.25) is 0 Å². The average Bonchev–Trinajstić information content (AvgIpc) is 3.22. The summed E-state index contributed by atoms with van der Waals surface area (Å²) in [7, 11) is 0. The van der Waals surface area contributed by atoms with Gasteiger partial charge in [0.05, 0.1) is 13.2 Å². The minimum absolute atomic E-state index is 0.0497. The molecule has 152 valence electrons. The minimum atomic E-state index is 0.0497. The number of rotatable bonds is 11. The summed E-state index contributed by atoms with van der Waals surface area (Å²) in [6.45, 7) is 7.94. The number of nitrogens with one attached hydrogen (secondary N) is 1. The van der Waals surface area contributed by atoms with E-state index in [1.54, 1.807) is 0 Å². The Balaban J connectivity index is 1.41. The highest BCUT2D eigenvalue weighted by Crippen LogP contribution is 2.47. The Morgan fingerprint density at radius 2 is 1.86 bits per heavy atom. The molecule has 5 heteroatoms. The van der Waals surface area contributed by atoms with E-state index < -0.39 is 0 Å². The van der Waals surface area contributed by atoms with Gasteiger partial charge in [0.25, 0.3) is 0 Å². The third-order valence-electron chi connectivity index (χ3n) is 5.10. The van der Waals surface area contributed by atoms with Crippen LogP contribution in [0.25, 0.3) is 0 Å². The zero-order valence-corrected chi connectivity index (χ0v) is 17.1. The van der Waals surface area contributed by atoms with Crippen molar-refractivity contribution in [3.63, 3.8) is 0 Å². The van der Waals surface area contributed by atoms with Gasteiger partial charge in [-0.2, -0.15) is 0 Å². The molecule has 1 fully saturated rings. The van der Waals surface area contributed by atoms with Gasteiger partial charge in [0, 0.05) is 25.3 Å². The van der Waals surface area contributed by atoms with E-state index in [0.717, 1.165) is 40.9 Å². The molecule has 0 radical (unpaired) electrons. The highest BCUT2D eigenvalue weighted by Gasteiger charge is 2.36. The highest BCUT2D eigenvalue weighted by molar-refractivity contribution is 5.76. The van der Waals surface area contributed by atoms with E-state index in [1.807, 2.05) is 38.1 Å². The Bertz CT molecular complexity index is 783. The van der Waals surface area contributed by atoms with Gasteiger partial charge in [0.15, 0.2) is 11.5 Å². The molecule has 2 atom stereocenters. The van der Waals surface area contributed by atoms with Crippen LogP contribution < -0.4 is 14.8 Å². The van der Waals surface area contributed by atoms with Crippen LogP contribution in [0.3, 0.4) is 0 Å². The molecule has 0 aliphatic heterocycles. The number of hydrogen-bond acceptors (Lipinski definition) is 4. The summed E-state index contributed by atoms with van der Waals surface area (Å²) in [6.07, 6.45) is 3.05. The van der Waals surface area contributed by atoms with Gasteiger partial charge in [-0.15, -0.1) is 0 Å². The van der Waals surface area contributed by atoms with Crippen LogP contribution in [-0.2, 0) is 17.6 Å². The molecule has 1 saturated carbocycles. The molecule has 2 aromatic rings. The maximum atomic E-state index is 12.1. The molecular formula is C23H31NO4. The quantitative estimate of drug-likeness (QED) is 0.619. The smallest absolute Gasteiger partial charge is 0.220 e. The monoisotopic (exact) mass is 385 g/mol. The van der Waals surface area contributed by atoms with E-state index in [4.69, 9.17) is 13.9 Å². The summed E-state index contributed by atoms with van der Waals surface area (Å²) in [6, 6.07) is 10.00. The summed E-state index contributed by atoms with van der Waals surface area (Å²) in [5, 5.41) is 2.99. The van der Waals surface area contributed by atoms with Gasteiger partial charge >= 0.3 is 0 Å². The zero-order chi connectivity index (χ0) is 19.9. The van der Waals surface area contributed by atoms with Crippen molar-refractivity contribution >= 4 is 5.91 Å². The first-order chi connectivity index (χ1) is 13.6. The SMILES string of the molecule is CCOc1ccc(CCNC(=O)CCc2ccc(C3CC3C)o2)cc1OCC. The van der Waals surface area contributed by atoms with Gasteiger partial charge in [0.1, 0.15) is 11.5 Å². The topological polar surface area (TPSA) is 60.7 Å². The van der Waals surface area contributed by atoms with Crippen LogP contribution >= 0.6 is 0 Å². The molecule has 1 aromatic heterocycles. The first-order valence-electron chi connectivity index (χ1n) is 10.3. The lowest BCUT2D eigenvalue weighted by atomic mass is 10.1. The van der Waals surface area contributed by atoms with E-state index in [1.165, 1.54) is 6.42 Å². The standard InChI is InChI=1S/C23H31NO4/c1-4-26-21-9-6-17(15-22(21)27-5-2)12-13-24-23(25)11-8-18-7-10-20(28-18)19-14-16(19)3/h6-7,9-10,15-16,19H,4-5,8,11-14H2,1-3H3,(H,24,25). The Morgan fingerprint density at radius 1 is 1.11 bits per heavy atom. The second-order valence-corrected chi connectivity index (χ2v) is 7.37. The van der Waals surface area contributed by atoms with Crippen molar-refractivity contribution in [1.29, 1.82) is 0 Å². The van der Waals surface area contributed by atoms with E-state index in [9.17, 15) is 4.79 Å².